The predicted octanol–water partition coefficient (Wildman–Crippen LogP) is 2.25. The zero-order chi connectivity index (χ0) is 10.0. The van der Waals surface area contributed by atoms with E-state index in [1.54, 1.807) is 6.07 Å². The summed E-state index contributed by atoms with van der Waals surface area (Å²) in [6.07, 6.45) is 1.48. The second-order valence-corrected chi connectivity index (χ2v) is 3.01. The molecule has 0 aromatic heterocycles. The van der Waals surface area contributed by atoms with Crippen molar-refractivity contribution < 1.29 is 4.39 Å². The van der Waals surface area contributed by atoms with Gasteiger partial charge < -0.3 is 11.5 Å². The maximum absolute atomic E-state index is 13.1. The highest BCUT2D eigenvalue weighted by molar-refractivity contribution is 6.31. The van der Waals surface area contributed by atoms with Gasteiger partial charge in [-0.1, -0.05) is 23.7 Å². The maximum atomic E-state index is 13.1. The summed E-state index contributed by atoms with van der Waals surface area (Å²) in [4.78, 5) is 0. The van der Waals surface area contributed by atoms with E-state index in [9.17, 15) is 4.39 Å². The molecule has 1 aromatic rings. The molecule has 0 spiro atoms. The molecule has 0 saturated heterocycles. The first-order valence-corrected chi connectivity index (χ1v) is 4.07. The van der Waals surface area contributed by atoms with Crippen LogP contribution in [-0.4, -0.2) is 0 Å². The Morgan fingerprint density at radius 1 is 1.54 bits per heavy atom. The van der Waals surface area contributed by atoms with Crippen LogP contribution in [-0.2, 0) is 0 Å². The van der Waals surface area contributed by atoms with Crippen molar-refractivity contribution >= 4 is 17.3 Å². The molecule has 0 aliphatic heterocycles. The number of hydrogen-bond donors (Lipinski definition) is 2. The summed E-state index contributed by atoms with van der Waals surface area (Å²) in [5.74, 6) is -0.628. The number of hydrogen-bond acceptors (Lipinski definition) is 2. The lowest BCUT2D eigenvalue weighted by Gasteiger charge is -2.10. The van der Waals surface area contributed by atoms with Gasteiger partial charge in [-0.25, -0.2) is 4.39 Å². The molecule has 4 heteroatoms. The number of nitrogen functional groups attached to an aromatic ring is 1. The number of rotatable bonds is 2. The van der Waals surface area contributed by atoms with Crippen LogP contribution in [0.3, 0.4) is 0 Å². The van der Waals surface area contributed by atoms with E-state index < -0.39 is 11.9 Å². The van der Waals surface area contributed by atoms with Crippen molar-refractivity contribution in [3.63, 3.8) is 0 Å². The molecule has 1 rings (SSSR count). The van der Waals surface area contributed by atoms with Crippen molar-refractivity contribution in [3.8, 4) is 0 Å². The fraction of sp³-hybridized carbons (Fsp3) is 0.111. The first kappa shape index (κ1) is 10.0. The molecule has 0 fully saturated rings. The molecule has 0 saturated carbocycles. The average molecular weight is 201 g/mol. The largest absolute Gasteiger partial charge is 0.396 e. The molecule has 0 amide bonds. The summed E-state index contributed by atoms with van der Waals surface area (Å²) in [6.45, 7) is 3.49. The van der Waals surface area contributed by atoms with Gasteiger partial charge in [-0.15, -0.1) is 6.58 Å². The van der Waals surface area contributed by atoms with E-state index >= 15 is 0 Å². The highest BCUT2D eigenvalue weighted by Gasteiger charge is 2.12. The topological polar surface area (TPSA) is 52.0 Å². The van der Waals surface area contributed by atoms with E-state index in [1.165, 1.54) is 12.1 Å². The zero-order valence-corrected chi connectivity index (χ0v) is 7.68. The lowest BCUT2D eigenvalue weighted by molar-refractivity contribution is 0.629. The molecule has 0 aliphatic carbocycles. The monoisotopic (exact) mass is 200 g/mol. The zero-order valence-electron chi connectivity index (χ0n) is 6.93. The van der Waals surface area contributed by atoms with E-state index in [4.69, 9.17) is 23.1 Å². The van der Waals surface area contributed by atoms with Crippen LogP contribution in [0.5, 0.6) is 0 Å². The van der Waals surface area contributed by atoms with E-state index in [0.717, 1.165) is 0 Å². The summed E-state index contributed by atoms with van der Waals surface area (Å²) in [5, 5.41) is -0.0348. The van der Waals surface area contributed by atoms with E-state index in [1.807, 2.05) is 0 Å². The Morgan fingerprint density at radius 3 is 2.69 bits per heavy atom. The Balaban J connectivity index is 3.25. The van der Waals surface area contributed by atoms with Crippen LogP contribution in [0, 0.1) is 5.82 Å². The van der Waals surface area contributed by atoms with Crippen LogP contribution in [0.15, 0.2) is 24.8 Å². The van der Waals surface area contributed by atoms with Gasteiger partial charge in [-0.3, -0.25) is 0 Å². The van der Waals surface area contributed by atoms with Crippen molar-refractivity contribution in [1.82, 2.24) is 0 Å². The van der Waals surface area contributed by atoms with Gasteiger partial charge in [0.05, 0.1) is 10.7 Å². The lowest BCUT2D eigenvalue weighted by Crippen LogP contribution is -2.08. The van der Waals surface area contributed by atoms with Crippen LogP contribution < -0.4 is 11.5 Å². The first-order valence-electron chi connectivity index (χ1n) is 3.69. The molecule has 13 heavy (non-hydrogen) atoms. The normalized spacial score (nSPS) is 12.5. The van der Waals surface area contributed by atoms with Gasteiger partial charge in [0.15, 0.2) is 5.82 Å². The fourth-order valence-electron chi connectivity index (χ4n) is 0.964. The van der Waals surface area contributed by atoms with Crippen LogP contribution in [0.25, 0.3) is 0 Å². The molecular formula is C9H10ClFN2. The molecule has 2 nitrogen and oxygen atoms in total. The van der Waals surface area contributed by atoms with Crippen LogP contribution >= 0.6 is 11.6 Å². The van der Waals surface area contributed by atoms with Gasteiger partial charge in [0.1, 0.15) is 0 Å². The molecule has 0 aliphatic rings. The molecule has 0 bridgehead atoms. The Bertz CT molecular complexity index is 339. The molecular weight excluding hydrogens is 191 g/mol. The van der Waals surface area contributed by atoms with E-state index in [0.29, 0.717) is 5.56 Å². The fourth-order valence-corrected chi connectivity index (χ4v) is 1.26. The highest BCUT2D eigenvalue weighted by atomic mass is 35.5. The number of anilines is 1. The van der Waals surface area contributed by atoms with E-state index in [2.05, 4.69) is 6.58 Å². The summed E-state index contributed by atoms with van der Waals surface area (Å²) in [6, 6.07) is 2.55. The summed E-state index contributed by atoms with van der Waals surface area (Å²) in [7, 11) is 0. The van der Waals surface area contributed by atoms with Crippen molar-refractivity contribution in [2.24, 2.45) is 5.73 Å². The minimum Gasteiger partial charge on any atom is -0.396 e. The molecule has 0 radical (unpaired) electrons. The number of benzene rings is 1. The molecule has 4 N–H and O–H groups in total. The Hall–Kier alpha value is -1.06. The smallest absolute Gasteiger partial charge is 0.164 e. The van der Waals surface area contributed by atoms with Crippen molar-refractivity contribution in [2.75, 3.05) is 5.73 Å². The summed E-state index contributed by atoms with van der Waals surface area (Å²) in [5.41, 5.74) is 11.4. The first-order chi connectivity index (χ1) is 6.07. The second kappa shape index (κ2) is 3.77. The van der Waals surface area contributed by atoms with Crippen LogP contribution in [0.4, 0.5) is 10.1 Å². The lowest BCUT2D eigenvalue weighted by atomic mass is 10.1. The van der Waals surface area contributed by atoms with Gasteiger partial charge >= 0.3 is 0 Å². The molecule has 1 aromatic carbocycles. The third-order valence-electron chi connectivity index (χ3n) is 1.76. The quantitative estimate of drug-likeness (QED) is 0.568. The van der Waals surface area contributed by atoms with Gasteiger partial charge in [-0.05, 0) is 11.6 Å². The number of nitrogens with two attached hydrogens (primary N) is 2. The van der Waals surface area contributed by atoms with Crippen LogP contribution in [0.2, 0.25) is 5.02 Å². The molecule has 1 atom stereocenters. The van der Waals surface area contributed by atoms with E-state index in [-0.39, 0.29) is 10.7 Å². The van der Waals surface area contributed by atoms with Gasteiger partial charge in [-0.2, -0.15) is 0 Å². The third kappa shape index (κ3) is 1.82. The van der Waals surface area contributed by atoms with Gasteiger partial charge in [0.2, 0.25) is 0 Å². The second-order valence-electron chi connectivity index (χ2n) is 2.63. The minimum absolute atomic E-state index is 0.0185. The average Bonchev–Trinajstić information content (AvgIpc) is 2.13. The third-order valence-corrected chi connectivity index (χ3v) is 2.14. The standard InChI is InChI=1S/C9H10ClFN2/c1-2-6(12)5-3-4-7(13)9(11)8(5)10/h2-4,6H,1,12-13H2. The molecule has 1 unspecified atom stereocenters. The Morgan fingerprint density at radius 2 is 2.15 bits per heavy atom. The Kier molecular flexibility index (Phi) is 2.90. The highest BCUT2D eigenvalue weighted by Crippen LogP contribution is 2.28. The minimum atomic E-state index is -0.628. The van der Waals surface area contributed by atoms with Crippen LogP contribution in [0.1, 0.15) is 11.6 Å². The van der Waals surface area contributed by atoms with Crippen molar-refractivity contribution in [3.05, 3.63) is 41.2 Å². The molecule has 0 heterocycles. The SMILES string of the molecule is C=CC(N)c1ccc(N)c(F)c1Cl. The van der Waals surface area contributed by atoms with Crippen molar-refractivity contribution in [1.29, 1.82) is 0 Å². The number of halogens is 2. The summed E-state index contributed by atoms with van der Waals surface area (Å²) < 4.78 is 13.1. The Labute approximate surface area is 81.0 Å². The van der Waals surface area contributed by atoms with Gasteiger partial charge in [0, 0.05) is 6.04 Å². The molecule has 70 valence electrons. The maximum Gasteiger partial charge on any atom is 0.164 e. The summed E-state index contributed by atoms with van der Waals surface area (Å²) >= 11 is 5.69. The predicted molar refractivity (Wildman–Crippen MR) is 52.9 cm³/mol. The van der Waals surface area contributed by atoms with Gasteiger partial charge in [0.25, 0.3) is 0 Å². The van der Waals surface area contributed by atoms with Crippen molar-refractivity contribution in [2.45, 2.75) is 6.04 Å².